The summed E-state index contributed by atoms with van der Waals surface area (Å²) >= 11 is 8.04. The second-order valence-electron chi connectivity index (χ2n) is 4.94. The van der Waals surface area contributed by atoms with E-state index in [1.807, 2.05) is 0 Å². The molecular weight excluding hydrogens is 579 g/mol. The minimum atomic E-state index is -4.94. The van der Waals surface area contributed by atoms with E-state index in [0.29, 0.717) is 24.2 Å². The average molecular weight is 594 g/mol. The Hall–Kier alpha value is -1.20. The summed E-state index contributed by atoms with van der Waals surface area (Å²) in [7, 11) is -4.94. The summed E-state index contributed by atoms with van der Waals surface area (Å²) in [5, 5.41) is 6.13. The van der Waals surface area contributed by atoms with Gasteiger partial charge in [-0.2, -0.15) is 0 Å². The summed E-state index contributed by atoms with van der Waals surface area (Å²) in [6, 6.07) is 0. The Balaban J connectivity index is 0.000000977. The van der Waals surface area contributed by atoms with Gasteiger partial charge in [0.05, 0.1) is 0 Å². The van der Waals surface area contributed by atoms with Crippen molar-refractivity contribution in [1.82, 2.24) is 10.6 Å². The maximum absolute atomic E-state index is 11.6. The molecule has 2 rings (SSSR count). The van der Waals surface area contributed by atoms with Gasteiger partial charge in [0.1, 0.15) is 0 Å². The fourth-order valence-corrected chi connectivity index (χ4v) is 2.53. The SMILES string of the molecule is O=C1C=CC(Br)=C/C1=C/NCCN/C=C1/C=C(Br)C=CC1=O.[O-][Cl+3]([O-])([O-])[O-].[O]=[Cr]. The van der Waals surface area contributed by atoms with Gasteiger partial charge in [-0.15, -0.1) is 10.2 Å². The molecule has 0 aromatic rings. The molecule has 13 heteroatoms. The van der Waals surface area contributed by atoms with Crippen LogP contribution in [0.25, 0.3) is 0 Å². The molecule has 2 aliphatic rings. The van der Waals surface area contributed by atoms with Crippen LogP contribution in [0.1, 0.15) is 0 Å². The fraction of sp³-hybridized carbons (Fsp3) is 0.125. The molecule has 0 spiro atoms. The molecule has 158 valence electrons. The molecule has 0 fully saturated rings. The second kappa shape index (κ2) is 14.7. The van der Waals surface area contributed by atoms with E-state index in [0.717, 1.165) is 8.96 Å². The number of rotatable bonds is 5. The van der Waals surface area contributed by atoms with Gasteiger partial charge in [0.15, 0.2) is 11.6 Å². The van der Waals surface area contributed by atoms with Crippen molar-refractivity contribution in [1.29, 1.82) is 0 Å². The van der Waals surface area contributed by atoms with E-state index in [4.69, 9.17) is 22.4 Å². The third-order valence-electron chi connectivity index (χ3n) is 2.87. The number of halogens is 3. The molecule has 2 aliphatic carbocycles. The summed E-state index contributed by atoms with van der Waals surface area (Å²) in [5.74, 6) is -0.0549. The zero-order valence-electron chi connectivity index (χ0n) is 14.4. The van der Waals surface area contributed by atoms with Gasteiger partial charge in [-0.25, -0.2) is 18.6 Å². The van der Waals surface area contributed by atoms with Gasteiger partial charge in [0, 0.05) is 45.6 Å². The van der Waals surface area contributed by atoms with Crippen molar-refractivity contribution in [2.24, 2.45) is 0 Å². The van der Waals surface area contributed by atoms with Crippen molar-refractivity contribution in [3.8, 4) is 0 Å². The van der Waals surface area contributed by atoms with Gasteiger partial charge in [-0.3, -0.25) is 9.59 Å². The quantitative estimate of drug-likeness (QED) is 0.268. The zero-order valence-corrected chi connectivity index (χ0v) is 19.6. The van der Waals surface area contributed by atoms with E-state index in [2.05, 4.69) is 42.5 Å². The topological polar surface area (TPSA) is 168 Å². The van der Waals surface area contributed by atoms with E-state index in [-0.39, 0.29) is 11.6 Å². The summed E-state index contributed by atoms with van der Waals surface area (Å²) in [6.45, 7) is 1.26. The Morgan fingerprint density at radius 3 is 1.41 bits per heavy atom. The van der Waals surface area contributed by atoms with E-state index in [9.17, 15) is 9.59 Å². The molecule has 2 N–H and O–H groups in total. The van der Waals surface area contributed by atoms with Gasteiger partial charge in [-0.1, -0.05) is 31.9 Å². The Bertz CT molecular complexity index is 723. The molecule has 0 heterocycles. The van der Waals surface area contributed by atoms with Gasteiger partial charge in [0.2, 0.25) is 0 Å². The van der Waals surface area contributed by atoms with Crippen molar-refractivity contribution in [3.05, 3.63) is 69.0 Å². The first-order valence-corrected chi connectivity index (χ1v) is 10.7. The molecule has 0 unspecified atom stereocenters. The number of hydrogen-bond acceptors (Lipinski definition) is 9. The van der Waals surface area contributed by atoms with E-state index in [1.165, 1.54) is 28.4 Å². The summed E-state index contributed by atoms with van der Waals surface area (Å²) in [4.78, 5) is 23.2. The van der Waals surface area contributed by atoms with E-state index < -0.39 is 10.2 Å². The van der Waals surface area contributed by atoms with Gasteiger partial charge >= 0.3 is 20.0 Å². The van der Waals surface area contributed by atoms with Crippen molar-refractivity contribution < 1.29 is 58.5 Å². The normalized spacial score (nSPS) is 18.3. The van der Waals surface area contributed by atoms with Gasteiger partial charge in [-0.05, 0) is 36.5 Å². The van der Waals surface area contributed by atoms with Gasteiger partial charge < -0.3 is 10.6 Å². The molecule has 29 heavy (non-hydrogen) atoms. The summed E-state index contributed by atoms with van der Waals surface area (Å²) < 4.78 is 43.8. The Kier molecular flexibility index (Phi) is 14.1. The number of hydrogen-bond donors (Lipinski definition) is 2. The van der Waals surface area contributed by atoms with Crippen LogP contribution in [0.3, 0.4) is 0 Å². The molecule has 0 radical (unpaired) electrons. The van der Waals surface area contributed by atoms with Crippen molar-refractivity contribution >= 4 is 43.4 Å². The standard InChI is InChI=1S/C16H14Br2N2O2.ClHO4.Cr.O/c17-13-1-3-15(21)11(7-13)9-19-5-6-20-10-12-8-14(18)2-4-16(12)22;2-1(3,4)5;;/h1-4,7-10,19-20H,5-6H2;(H,2,3,4,5);;/p-1/b11-9-,12-10-;;;. The average Bonchev–Trinajstić information content (AvgIpc) is 2.64. The van der Waals surface area contributed by atoms with E-state index >= 15 is 0 Å². The van der Waals surface area contributed by atoms with Crippen LogP contribution < -0.4 is 29.3 Å². The fourth-order valence-electron chi connectivity index (χ4n) is 1.77. The Labute approximate surface area is 193 Å². The monoisotopic (exact) mass is 591 g/mol. The van der Waals surface area contributed by atoms with Crippen LogP contribution in [0.5, 0.6) is 0 Å². The molecule has 0 atom stereocenters. The van der Waals surface area contributed by atoms with Crippen LogP contribution in [-0.4, -0.2) is 24.7 Å². The Morgan fingerprint density at radius 2 is 1.10 bits per heavy atom. The maximum atomic E-state index is 11.6. The molecule has 0 saturated heterocycles. The first kappa shape index (κ1) is 27.8. The first-order chi connectivity index (χ1) is 13.6. The number of allylic oxidation sites excluding steroid dienone is 10. The minimum absolute atomic E-state index is 0.0274. The summed E-state index contributed by atoms with van der Waals surface area (Å²) in [5.41, 5.74) is 1.21. The predicted octanol–water partition coefficient (Wildman–Crippen LogP) is -2.11. The molecule has 0 aromatic heterocycles. The van der Waals surface area contributed by atoms with Crippen LogP contribution in [-0.2, 0) is 29.6 Å². The molecule has 0 aromatic carbocycles. The van der Waals surface area contributed by atoms with Crippen LogP contribution in [0.15, 0.2) is 69.0 Å². The van der Waals surface area contributed by atoms with Crippen molar-refractivity contribution in [3.63, 3.8) is 0 Å². The molecule has 0 saturated carbocycles. The van der Waals surface area contributed by atoms with Crippen LogP contribution >= 0.6 is 31.9 Å². The third kappa shape index (κ3) is 14.4. The number of nitrogens with one attached hydrogen (secondary N) is 2. The number of ketones is 2. The van der Waals surface area contributed by atoms with Crippen molar-refractivity contribution in [2.45, 2.75) is 0 Å². The van der Waals surface area contributed by atoms with E-state index in [1.54, 1.807) is 36.7 Å². The van der Waals surface area contributed by atoms with Crippen LogP contribution in [0.4, 0.5) is 0 Å². The molecular formula is C16H14Br2ClCrN2O7-. The molecule has 0 amide bonds. The van der Waals surface area contributed by atoms with Crippen LogP contribution in [0.2, 0.25) is 0 Å². The molecule has 0 aliphatic heterocycles. The number of carbonyl (C=O) groups is 2. The second-order valence-corrected chi connectivity index (χ2v) is 7.53. The predicted molar refractivity (Wildman–Crippen MR) is 95.2 cm³/mol. The van der Waals surface area contributed by atoms with Crippen molar-refractivity contribution in [2.75, 3.05) is 13.1 Å². The molecule has 0 bridgehead atoms. The number of carbonyl (C=O) groups excluding carboxylic acids is 2. The van der Waals surface area contributed by atoms with Crippen LogP contribution in [0, 0.1) is 10.2 Å². The molecule has 9 nitrogen and oxygen atoms in total. The Morgan fingerprint density at radius 1 is 0.793 bits per heavy atom. The first-order valence-electron chi connectivity index (χ1n) is 7.41. The van der Waals surface area contributed by atoms with Gasteiger partial charge in [0.25, 0.3) is 0 Å². The third-order valence-corrected chi connectivity index (χ3v) is 3.86. The summed E-state index contributed by atoms with van der Waals surface area (Å²) in [6.07, 6.45) is 13.4. The zero-order chi connectivity index (χ0) is 22.4.